The molecule has 1 rings (SSSR count). The zero-order chi connectivity index (χ0) is 8.10. The molecule has 1 aromatic heterocycles. The highest BCUT2D eigenvalue weighted by atomic mass is 35.5. The third-order valence-electron chi connectivity index (χ3n) is 1.23. The van der Waals surface area contributed by atoms with Gasteiger partial charge in [-0.3, -0.25) is 0 Å². The van der Waals surface area contributed by atoms with E-state index in [0.717, 1.165) is 6.54 Å². The van der Waals surface area contributed by atoms with Gasteiger partial charge in [-0.15, -0.1) is 0 Å². The molecule has 0 unspecified atom stereocenters. The molecule has 0 atom stereocenters. The number of thiophene rings is 1. The van der Waals surface area contributed by atoms with Crippen molar-refractivity contribution in [2.24, 2.45) is 0 Å². The van der Waals surface area contributed by atoms with Crippen molar-refractivity contribution in [1.82, 2.24) is 5.32 Å². The molecular weight excluding hydrogens is 178 g/mol. The van der Waals surface area contributed by atoms with Crippen molar-refractivity contribution in [3.63, 3.8) is 0 Å². The van der Waals surface area contributed by atoms with E-state index < -0.39 is 0 Å². The molecule has 0 saturated heterocycles. The molecule has 0 spiro atoms. The Morgan fingerprint density at radius 3 is 3.09 bits per heavy atom. The maximum absolute atomic E-state index is 5.56. The van der Waals surface area contributed by atoms with Gasteiger partial charge < -0.3 is 5.32 Å². The number of hydrogen-bond acceptors (Lipinski definition) is 2. The molecule has 0 bridgehead atoms. The maximum Gasteiger partial charge on any atom is 0.0310 e. The lowest BCUT2D eigenvalue weighted by Crippen LogP contribution is -2.13. The van der Waals surface area contributed by atoms with Crippen LogP contribution in [0.5, 0.6) is 0 Å². The molecule has 1 aromatic rings. The summed E-state index contributed by atoms with van der Waals surface area (Å²) < 4.78 is 0. The third-order valence-corrected chi connectivity index (χ3v) is 2.09. The molecular formula is C8H10ClNS. The van der Waals surface area contributed by atoms with E-state index in [1.54, 1.807) is 11.3 Å². The van der Waals surface area contributed by atoms with Crippen molar-refractivity contribution < 1.29 is 0 Å². The summed E-state index contributed by atoms with van der Waals surface area (Å²) in [6, 6.07) is 2.09. The fourth-order valence-electron chi connectivity index (χ4n) is 0.736. The van der Waals surface area contributed by atoms with Crippen LogP contribution in [-0.2, 0) is 6.54 Å². The van der Waals surface area contributed by atoms with E-state index in [1.165, 1.54) is 5.56 Å². The number of hydrogen-bond donors (Lipinski definition) is 1. The molecule has 0 saturated carbocycles. The van der Waals surface area contributed by atoms with E-state index in [-0.39, 0.29) is 0 Å². The monoisotopic (exact) mass is 187 g/mol. The highest BCUT2D eigenvalue weighted by molar-refractivity contribution is 7.07. The van der Waals surface area contributed by atoms with Crippen LogP contribution in [0.25, 0.3) is 0 Å². The van der Waals surface area contributed by atoms with Crippen LogP contribution in [-0.4, -0.2) is 6.54 Å². The van der Waals surface area contributed by atoms with Gasteiger partial charge in [0.1, 0.15) is 0 Å². The van der Waals surface area contributed by atoms with Gasteiger partial charge in [-0.25, -0.2) is 0 Å². The van der Waals surface area contributed by atoms with Gasteiger partial charge in [-0.1, -0.05) is 18.2 Å². The molecule has 1 N–H and O–H groups in total. The van der Waals surface area contributed by atoms with Gasteiger partial charge in [0, 0.05) is 18.1 Å². The first-order chi connectivity index (χ1) is 5.29. The van der Waals surface area contributed by atoms with E-state index in [4.69, 9.17) is 11.6 Å². The summed E-state index contributed by atoms with van der Waals surface area (Å²) in [5.41, 5.74) is 1.30. The summed E-state index contributed by atoms with van der Waals surface area (Å²) >= 11 is 7.27. The van der Waals surface area contributed by atoms with Gasteiger partial charge >= 0.3 is 0 Å². The number of halogens is 1. The Bertz CT molecular complexity index is 218. The smallest absolute Gasteiger partial charge is 0.0310 e. The van der Waals surface area contributed by atoms with Crippen molar-refractivity contribution in [2.45, 2.75) is 6.54 Å². The molecule has 0 aromatic carbocycles. The summed E-state index contributed by atoms with van der Waals surface area (Å²) in [6.45, 7) is 5.13. The van der Waals surface area contributed by atoms with Crippen LogP contribution in [0.15, 0.2) is 28.4 Å². The van der Waals surface area contributed by atoms with Crippen LogP contribution in [0.1, 0.15) is 5.56 Å². The molecule has 60 valence electrons. The predicted octanol–water partition coefficient (Wildman–Crippen LogP) is 2.59. The molecule has 0 aliphatic carbocycles. The standard InChI is InChI=1S/C8H10ClNS/c1-7(9)4-10-5-8-2-3-11-6-8/h2-3,6,10H,1,4-5H2. The third kappa shape index (κ3) is 3.56. The van der Waals surface area contributed by atoms with E-state index >= 15 is 0 Å². The molecule has 1 heterocycles. The van der Waals surface area contributed by atoms with Crippen LogP contribution in [0.3, 0.4) is 0 Å². The Hall–Kier alpha value is -0.310. The van der Waals surface area contributed by atoms with Gasteiger partial charge in [-0.05, 0) is 22.4 Å². The molecule has 11 heavy (non-hydrogen) atoms. The van der Waals surface area contributed by atoms with Crippen molar-refractivity contribution >= 4 is 22.9 Å². The second-order valence-corrected chi connectivity index (χ2v) is 3.57. The summed E-state index contributed by atoms with van der Waals surface area (Å²) in [4.78, 5) is 0. The summed E-state index contributed by atoms with van der Waals surface area (Å²) in [7, 11) is 0. The first-order valence-corrected chi connectivity index (χ1v) is 4.66. The number of rotatable bonds is 4. The topological polar surface area (TPSA) is 12.0 Å². The van der Waals surface area contributed by atoms with E-state index in [2.05, 4.69) is 28.7 Å². The zero-order valence-electron chi connectivity index (χ0n) is 6.14. The second kappa shape index (κ2) is 4.54. The quantitative estimate of drug-likeness (QED) is 0.764. The fraction of sp³-hybridized carbons (Fsp3) is 0.250. The van der Waals surface area contributed by atoms with Crippen molar-refractivity contribution in [2.75, 3.05) is 6.54 Å². The van der Waals surface area contributed by atoms with Crippen LogP contribution in [0.4, 0.5) is 0 Å². The van der Waals surface area contributed by atoms with Crippen LogP contribution in [0, 0.1) is 0 Å². The van der Waals surface area contributed by atoms with Gasteiger partial charge in [0.25, 0.3) is 0 Å². The average molecular weight is 188 g/mol. The lowest BCUT2D eigenvalue weighted by atomic mass is 10.3. The fourth-order valence-corrected chi connectivity index (χ4v) is 1.50. The average Bonchev–Trinajstić information content (AvgIpc) is 2.39. The SMILES string of the molecule is C=C(Cl)CNCc1ccsc1. The molecule has 0 fully saturated rings. The Morgan fingerprint density at radius 1 is 1.73 bits per heavy atom. The lowest BCUT2D eigenvalue weighted by Gasteiger charge is -1.99. The van der Waals surface area contributed by atoms with Gasteiger partial charge in [-0.2, -0.15) is 11.3 Å². The Balaban J connectivity index is 2.19. The number of nitrogens with one attached hydrogen (secondary N) is 1. The van der Waals surface area contributed by atoms with Crippen molar-refractivity contribution in [1.29, 1.82) is 0 Å². The van der Waals surface area contributed by atoms with E-state index in [0.29, 0.717) is 11.6 Å². The molecule has 0 radical (unpaired) electrons. The van der Waals surface area contributed by atoms with Crippen molar-refractivity contribution in [3.05, 3.63) is 34.0 Å². The minimum Gasteiger partial charge on any atom is -0.308 e. The van der Waals surface area contributed by atoms with Crippen LogP contribution in [0.2, 0.25) is 0 Å². The predicted molar refractivity (Wildman–Crippen MR) is 51.0 cm³/mol. The molecule has 0 aliphatic heterocycles. The first-order valence-electron chi connectivity index (χ1n) is 3.34. The maximum atomic E-state index is 5.56. The Morgan fingerprint density at radius 2 is 2.55 bits per heavy atom. The van der Waals surface area contributed by atoms with Crippen LogP contribution >= 0.6 is 22.9 Å². The minimum atomic E-state index is 0.653. The molecule has 0 aliphatic rings. The summed E-state index contributed by atoms with van der Waals surface area (Å²) in [5, 5.41) is 7.99. The summed E-state index contributed by atoms with van der Waals surface area (Å²) in [6.07, 6.45) is 0. The van der Waals surface area contributed by atoms with Gasteiger partial charge in [0.2, 0.25) is 0 Å². The molecule has 0 amide bonds. The summed E-state index contributed by atoms with van der Waals surface area (Å²) in [5.74, 6) is 0. The van der Waals surface area contributed by atoms with E-state index in [1.807, 2.05) is 0 Å². The van der Waals surface area contributed by atoms with Crippen molar-refractivity contribution in [3.8, 4) is 0 Å². The second-order valence-electron chi connectivity index (χ2n) is 2.25. The highest BCUT2D eigenvalue weighted by Gasteiger charge is 1.91. The largest absolute Gasteiger partial charge is 0.308 e. The van der Waals surface area contributed by atoms with Gasteiger partial charge in [0.15, 0.2) is 0 Å². The Kier molecular flexibility index (Phi) is 3.63. The lowest BCUT2D eigenvalue weighted by molar-refractivity contribution is 0.757. The van der Waals surface area contributed by atoms with Gasteiger partial charge in [0.05, 0.1) is 0 Å². The normalized spacial score (nSPS) is 9.91. The van der Waals surface area contributed by atoms with Crippen LogP contribution < -0.4 is 5.32 Å². The highest BCUT2D eigenvalue weighted by Crippen LogP contribution is 2.05. The first kappa shape index (κ1) is 8.78. The Labute approximate surface area is 75.7 Å². The zero-order valence-corrected chi connectivity index (χ0v) is 7.71. The molecule has 3 heteroatoms. The van der Waals surface area contributed by atoms with E-state index in [9.17, 15) is 0 Å². The minimum absolute atomic E-state index is 0.653. The molecule has 1 nitrogen and oxygen atoms in total.